The van der Waals surface area contributed by atoms with E-state index in [1.165, 1.54) is 0 Å². The highest BCUT2D eigenvalue weighted by molar-refractivity contribution is 6.24. The van der Waals surface area contributed by atoms with Gasteiger partial charge in [0.2, 0.25) is 0 Å². The first-order chi connectivity index (χ1) is 10.7. The summed E-state index contributed by atoms with van der Waals surface area (Å²) in [5, 5.41) is 23.8. The second-order valence-electron chi connectivity index (χ2n) is 5.24. The highest BCUT2D eigenvalue weighted by Crippen LogP contribution is 2.30. The molecule has 1 aliphatic rings. The van der Waals surface area contributed by atoms with E-state index in [1.54, 1.807) is 18.3 Å². The molecule has 104 valence electrons. The van der Waals surface area contributed by atoms with Crippen molar-refractivity contribution in [2.75, 3.05) is 0 Å². The second-order valence-corrected chi connectivity index (χ2v) is 5.24. The predicted molar refractivity (Wildman–Crippen MR) is 83.3 cm³/mol. The zero-order chi connectivity index (χ0) is 15.3. The van der Waals surface area contributed by atoms with E-state index < -0.39 is 0 Å². The number of aromatic hydroxyl groups is 1. The molecule has 0 fully saturated rings. The number of pyridine rings is 1. The van der Waals surface area contributed by atoms with Crippen LogP contribution in [0.4, 0.5) is 0 Å². The molecule has 2 aromatic carbocycles. The largest absolute Gasteiger partial charge is 0.507 e. The lowest BCUT2D eigenvalue weighted by Crippen LogP contribution is -2.36. The minimum absolute atomic E-state index is 0.0966. The molecule has 4 rings (SSSR count). The van der Waals surface area contributed by atoms with Crippen molar-refractivity contribution in [1.82, 2.24) is 4.98 Å². The van der Waals surface area contributed by atoms with Crippen LogP contribution in [-0.4, -0.2) is 15.9 Å². The Morgan fingerprint density at radius 3 is 2.86 bits per heavy atom. The van der Waals surface area contributed by atoms with Crippen LogP contribution in [0, 0.1) is 11.3 Å². The molecule has 0 atom stereocenters. The second kappa shape index (κ2) is 4.40. The summed E-state index contributed by atoms with van der Waals surface area (Å²) in [7, 11) is 0. The molecule has 0 saturated heterocycles. The third kappa shape index (κ3) is 1.57. The SMILES string of the molecule is N#CC1=c2c(ncc3c(O)cc4ccccc4c23)=CCC1=O. The molecule has 0 radical (unpaired) electrons. The number of phenolic OH excluding ortho intramolecular Hbond substituents is 1. The van der Waals surface area contributed by atoms with Crippen molar-refractivity contribution >= 4 is 39.0 Å². The van der Waals surface area contributed by atoms with E-state index in [4.69, 9.17) is 0 Å². The molecule has 0 bridgehead atoms. The van der Waals surface area contributed by atoms with Crippen LogP contribution in [0.1, 0.15) is 6.42 Å². The molecule has 3 aromatic rings. The molecule has 22 heavy (non-hydrogen) atoms. The summed E-state index contributed by atoms with van der Waals surface area (Å²) in [6.07, 6.45) is 3.51. The maximum absolute atomic E-state index is 12.1. The Balaban J connectivity index is 2.46. The summed E-state index contributed by atoms with van der Waals surface area (Å²) in [5.41, 5.74) is 0.117. The highest BCUT2D eigenvalue weighted by Gasteiger charge is 2.18. The number of fused-ring (bicyclic) bond motifs is 5. The molecule has 0 saturated carbocycles. The molecule has 0 aliphatic heterocycles. The maximum atomic E-state index is 12.1. The van der Waals surface area contributed by atoms with Crippen LogP contribution < -0.4 is 10.6 Å². The van der Waals surface area contributed by atoms with Gasteiger partial charge in [-0.05, 0) is 16.8 Å². The lowest BCUT2D eigenvalue weighted by molar-refractivity contribution is -0.112. The van der Waals surface area contributed by atoms with Gasteiger partial charge in [-0.25, -0.2) is 0 Å². The van der Waals surface area contributed by atoms with Crippen LogP contribution in [0.15, 0.2) is 36.5 Å². The van der Waals surface area contributed by atoms with Gasteiger partial charge in [0.15, 0.2) is 5.78 Å². The Hall–Kier alpha value is -3.19. The van der Waals surface area contributed by atoms with Crippen LogP contribution in [0.5, 0.6) is 5.75 Å². The number of nitrogens with zero attached hydrogens (tertiary/aromatic N) is 2. The average Bonchev–Trinajstić information content (AvgIpc) is 2.54. The Bertz CT molecular complexity index is 1140. The number of aromatic nitrogens is 1. The molecule has 1 aromatic heterocycles. The summed E-state index contributed by atoms with van der Waals surface area (Å²) in [5.74, 6) is -0.115. The standard InChI is InChI=1S/C18H10N2O2/c19-8-12-15(21)6-5-14-18(12)17-11-4-2-1-3-10(11)7-16(22)13(17)9-20-14/h1-5,7,9,22H,6H2. The molecule has 0 spiro atoms. The summed E-state index contributed by atoms with van der Waals surface area (Å²) >= 11 is 0. The number of hydrogen-bond acceptors (Lipinski definition) is 4. The molecular weight excluding hydrogens is 276 g/mol. The Kier molecular flexibility index (Phi) is 2.51. The minimum Gasteiger partial charge on any atom is -0.507 e. The zero-order valence-corrected chi connectivity index (χ0v) is 11.5. The van der Waals surface area contributed by atoms with E-state index in [-0.39, 0.29) is 23.5 Å². The Morgan fingerprint density at radius 1 is 1.23 bits per heavy atom. The number of Topliss-reactive ketones (excluding diaryl/α,β-unsaturated/α-hetero) is 1. The highest BCUT2D eigenvalue weighted by atomic mass is 16.3. The first-order valence-electron chi connectivity index (χ1n) is 6.88. The molecule has 4 heteroatoms. The topological polar surface area (TPSA) is 74.0 Å². The Labute approximate surface area is 125 Å². The normalized spacial score (nSPS) is 13.8. The van der Waals surface area contributed by atoms with Crippen LogP contribution in [-0.2, 0) is 4.79 Å². The zero-order valence-electron chi connectivity index (χ0n) is 11.5. The lowest BCUT2D eigenvalue weighted by Gasteiger charge is -2.10. The molecular formula is C18H10N2O2. The van der Waals surface area contributed by atoms with Gasteiger partial charge in [0.25, 0.3) is 0 Å². The van der Waals surface area contributed by atoms with Crippen molar-refractivity contribution in [3.05, 3.63) is 47.1 Å². The van der Waals surface area contributed by atoms with Gasteiger partial charge >= 0.3 is 0 Å². The van der Waals surface area contributed by atoms with Gasteiger partial charge in [-0.1, -0.05) is 30.3 Å². The maximum Gasteiger partial charge on any atom is 0.177 e. The number of phenols is 1. The minimum atomic E-state index is -0.211. The fraction of sp³-hybridized carbons (Fsp3) is 0.0556. The number of hydrogen-bond donors (Lipinski definition) is 1. The Morgan fingerprint density at radius 2 is 2.05 bits per heavy atom. The fourth-order valence-electron chi connectivity index (χ4n) is 3.03. The van der Waals surface area contributed by atoms with Crippen LogP contribution in [0.25, 0.3) is 33.2 Å². The van der Waals surface area contributed by atoms with Crippen molar-refractivity contribution < 1.29 is 9.90 Å². The molecule has 0 amide bonds. The number of nitriles is 1. The van der Waals surface area contributed by atoms with E-state index in [1.807, 2.05) is 30.3 Å². The molecule has 0 unspecified atom stereocenters. The van der Waals surface area contributed by atoms with Gasteiger partial charge in [-0.2, -0.15) is 5.26 Å². The van der Waals surface area contributed by atoms with Gasteiger partial charge in [0.1, 0.15) is 17.4 Å². The van der Waals surface area contributed by atoms with Crippen LogP contribution >= 0.6 is 0 Å². The van der Waals surface area contributed by atoms with E-state index in [2.05, 4.69) is 4.98 Å². The first-order valence-corrected chi connectivity index (χ1v) is 6.88. The van der Waals surface area contributed by atoms with Gasteiger partial charge in [0, 0.05) is 28.6 Å². The first kappa shape index (κ1) is 12.5. The van der Waals surface area contributed by atoms with Crippen LogP contribution in [0.2, 0.25) is 0 Å². The summed E-state index contributed by atoms with van der Waals surface area (Å²) in [6, 6.07) is 11.3. The number of ketones is 1. The summed E-state index contributed by atoms with van der Waals surface area (Å²) < 4.78 is 0. The lowest BCUT2D eigenvalue weighted by atomic mass is 9.94. The number of carbonyl (C=O) groups excluding carboxylic acids is 1. The molecule has 1 N–H and O–H groups in total. The predicted octanol–water partition coefficient (Wildman–Crippen LogP) is 1.52. The molecule has 1 heterocycles. The van der Waals surface area contributed by atoms with Gasteiger partial charge in [-0.3, -0.25) is 9.78 Å². The van der Waals surface area contributed by atoms with Gasteiger partial charge < -0.3 is 5.11 Å². The average molecular weight is 286 g/mol. The van der Waals surface area contributed by atoms with Crippen molar-refractivity contribution in [3.8, 4) is 11.8 Å². The third-order valence-corrected chi connectivity index (χ3v) is 4.03. The van der Waals surface area contributed by atoms with Gasteiger partial charge in [-0.15, -0.1) is 0 Å². The van der Waals surface area contributed by atoms with Crippen molar-refractivity contribution in [1.29, 1.82) is 5.26 Å². The van der Waals surface area contributed by atoms with Crippen molar-refractivity contribution in [2.45, 2.75) is 6.42 Å². The number of carbonyl (C=O) groups is 1. The smallest absolute Gasteiger partial charge is 0.177 e. The van der Waals surface area contributed by atoms with Crippen molar-refractivity contribution in [2.24, 2.45) is 0 Å². The summed E-state index contributed by atoms with van der Waals surface area (Å²) in [6.45, 7) is 0. The van der Waals surface area contributed by atoms with E-state index in [0.717, 1.165) is 10.8 Å². The van der Waals surface area contributed by atoms with E-state index in [0.29, 0.717) is 21.3 Å². The van der Waals surface area contributed by atoms with E-state index >= 15 is 0 Å². The molecule has 4 nitrogen and oxygen atoms in total. The quantitative estimate of drug-likeness (QED) is 0.636. The van der Waals surface area contributed by atoms with E-state index in [9.17, 15) is 15.2 Å². The number of benzene rings is 2. The van der Waals surface area contributed by atoms with Gasteiger partial charge in [0.05, 0.1) is 5.35 Å². The number of rotatable bonds is 0. The third-order valence-electron chi connectivity index (χ3n) is 4.03. The fourth-order valence-corrected chi connectivity index (χ4v) is 3.03. The molecule has 1 aliphatic carbocycles. The monoisotopic (exact) mass is 286 g/mol. The van der Waals surface area contributed by atoms with Crippen LogP contribution in [0.3, 0.4) is 0 Å². The summed E-state index contributed by atoms with van der Waals surface area (Å²) in [4.78, 5) is 16.4. The van der Waals surface area contributed by atoms with Crippen molar-refractivity contribution in [3.63, 3.8) is 0 Å².